The third-order valence-corrected chi connectivity index (χ3v) is 3.35. The maximum atomic E-state index is 12.3. The van der Waals surface area contributed by atoms with Gasteiger partial charge in [0, 0.05) is 30.5 Å². The van der Waals surface area contributed by atoms with E-state index in [1.165, 1.54) is 12.3 Å². The molecule has 2 aromatic rings. The summed E-state index contributed by atoms with van der Waals surface area (Å²) < 4.78 is 0. The molecule has 0 spiro atoms. The van der Waals surface area contributed by atoms with Gasteiger partial charge in [-0.3, -0.25) is 14.6 Å². The summed E-state index contributed by atoms with van der Waals surface area (Å²) in [4.78, 5) is 30.4. The number of nitrogens with one attached hydrogen (secondary N) is 2. The van der Waals surface area contributed by atoms with Crippen molar-refractivity contribution in [3.63, 3.8) is 0 Å². The van der Waals surface area contributed by atoms with Gasteiger partial charge in [-0.25, -0.2) is 0 Å². The molecule has 7 nitrogen and oxygen atoms in total. The molecule has 0 atom stereocenters. The number of rotatable bonds is 6. The molecular weight excluding hydrogens is 318 g/mol. The molecule has 0 radical (unpaired) electrons. The molecule has 2 N–H and O–H groups in total. The van der Waals surface area contributed by atoms with E-state index in [0.717, 1.165) is 6.54 Å². The number of amides is 2. The molecule has 1 aromatic carbocycles. The first-order valence-electron chi connectivity index (χ1n) is 7.70. The van der Waals surface area contributed by atoms with Crippen molar-refractivity contribution in [1.82, 2.24) is 15.2 Å². The quantitative estimate of drug-likeness (QED) is 0.832. The van der Waals surface area contributed by atoms with Crippen LogP contribution in [0, 0.1) is 11.3 Å². The third-order valence-electron chi connectivity index (χ3n) is 3.35. The molecule has 0 unspecified atom stereocenters. The van der Waals surface area contributed by atoms with E-state index >= 15 is 0 Å². The molecule has 0 bridgehead atoms. The molecule has 2 amide bonds. The van der Waals surface area contributed by atoms with Crippen LogP contribution in [0.3, 0.4) is 0 Å². The molecule has 0 fully saturated rings. The molecule has 7 heteroatoms. The van der Waals surface area contributed by atoms with Crippen molar-refractivity contribution in [1.29, 1.82) is 5.26 Å². The SMILES string of the molecule is CN(C)CCNC(=O)c1ccnc(C(=O)Nc2cccc(C#N)c2)c1. The first-order valence-corrected chi connectivity index (χ1v) is 7.70. The van der Waals surface area contributed by atoms with Crippen molar-refractivity contribution >= 4 is 17.5 Å². The van der Waals surface area contributed by atoms with Gasteiger partial charge in [0.2, 0.25) is 0 Å². The molecule has 128 valence electrons. The Morgan fingerprint density at radius 3 is 2.72 bits per heavy atom. The summed E-state index contributed by atoms with van der Waals surface area (Å²) >= 11 is 0. The van der Waals surface area contributed by atoms with E-state index in [-0.39, 0.29) is 11.6 Å². The van der Waals surface area contributed by atoms with E-state index < -0.39 is 5.91 Å². The smallest absolute Gasteiger partial charge is 0.274 e. The number of anilines is 1. The van der Waals surface area contributed by atoms with E-state index in [1.54, 1.807) is 30.3 Å². The number of benzene rings is 1. The predicted octanol–water partition coefficient (Wildman–Crippen LogP) is 1.50. The third kappa shape index (κ3) is 5.41. The number of nitriles is 1. The highest BCUT2D eigenvalue weighted by Crippen LogP contribution is 2.11. The Bertz CT molecular complexity index is 811. The van der Waals surface area contributed by atoms with Crippen LogP contribution >= 0.6 is 0 Å². The number of hydrogen-bond acceptors (Lipinski definition) is 5. The van der Waals surface area contributed by atoms with Gasteiger partial charge in [0.1, 0.15) is 5.69 Å². The zero-order valence-corrected chi connectivity index (χ0v) is 14.1. The van der Waals surface area contributed by atoms with Gasteiger partial charge in [0.15, 0.2) is 0 Å². The van der Waals surface area contributed by atoms with E-state index in [9.17, 15) is 9.59 Å². The van der Waals surface area contributed by atoms with Crippen LogP contribution in [-0.2, 0) is 0 Å². The lowest BCUT2D eigenvalue weighted by molar-refractivity contribution is 0.0951. The zero-order chi connectivity index (χ0) is 18.2. The number of hydrogen-bond donors (Lipinski definition) is 2. The monoisotopic (exact) mass is 337 g/mol. The summed E-state index contributed by atoms with van der Waals surface area (Å²) in [7, 11) is 3.84. The average Bonchev–Trinajstić information content (AvgIpc) is 2.61. The highest BCUT2D eigenvalue weighted by molar-refractivity contribution is 6.04. The highest BCUT2D eigenvalue weighted by atomic mass is 16.2. The second-order valence-corrected chi connectivity index (χ2v) is 5.64. The highest BCUT2D eigenvalue weighted by Gasteiger charge is 2.12. The van der Waals surface area contributed by atoms with Gasteiger partial charge in [-0.2, -0.15) is 5.26 Å². The molecule has 0 aliphatic rings. The summed E-state index contributed by atoms with van der Waals surface area (Å²) in [5, 5.41) is 14.3. The van der Waals surface area contributed by atoms with Crippen molar-refractivity contribution in [2.75, 3.05) is 32.5 Å². The van der Waals surface area contributed by atoms with Crippen molar-refractivity contribution in [2.24, 2.45) is 0 Å². The molecule has 25 heavy (non-hydrogen) atoms. The van der Waals surface area contributed by atoms with Gasteiger partial charge < -0.3 is 15.5 Å². The van der Waals surface area contributed by atoms with Crippen LogP contribution in [0.1, 0.15) is 26.4 Å². The van der Waals surface area contributed by atoms with Gasteiger partial charge >= 0.3 is 0 Å². The van der Waals surface area contributed by atoms with Gasteiger partial charge in [-0.1, -0.05) is 6.07 Å². The molecular formula is C18H19N5O2. The summed E-state index contributed by atoms with van der Waals surface area (Å²) in [5.74, 6) is -0.706. The number of nitrogens with zero attached hydrogens (tertiary/aromatic N) is 3. The first kappa shape index (κ1) is 18.1. The lowest BCUT2D eigenvalue weighted by Crippen LogP contribution is -2.31. The Balaban J connectivity index is 2.05. The van der Waals surface area contributed by atoms with Gasteiger partial charge in [0.05, 0.1) is 11.6 Å². The maximum Gasteiger partial charge on any atom is 0.274 e. The fourth-order valence-corrected chi connectivity index (χ4v) is 2.05. The van der Waals surface area contributed by atoms with Crippen LogP contribution in [0.15, 0.2) is 42.6 Å². The maximum absolute atomic E-state index is 12.3. The van der Waals surface area contributed by atoms with Crippen LogP contribution in [0.2, 0.25) is 0 Å². The number of aromatic nitrogens is 1. The minimum atomic E-state index is -0.446. The van der Waals surface area contributed by atoms with E-state index in [1.807, 2.05) is 25.1 Å². The molecule has 0 saturated heterocycles. The van der Waals surface area contributed by atoms with Gasteiger partial charge in [-0.15, -0.1) is 0 Å². The Kier molecular flexibility index (Phi) is 6.20. The van der Waals surface area contributed by atoms with Crippen molar-refractivity contribution < 1.29 is 9.59 Å². The lowest BCUT2D eigenvalue weighted by Gasteiger charge is -2.11. The van der Waals surface area contributed by atoms with Crippen LogP contribution in [0.25, 0.3) is 0 Å². The van der Waals surface area contributed by atoms with Crippen LogP contribution in [0.5, 0.6) is 0 Å². The minimum absolute atomic E-state index is 0.127. The fourth-order valence-electron chi connectivity index (χ4n) is 2.05. The summed E-state index contributed by atoms with van der Waals surface area (Å²) in [5.41, 5.74) is 1.43. The molecule has 1 heterocycles. The topological polar surface area (TPSA) is 98.1 Å². The molecule has 0 saturated carbocycles. The largest absolute Gasteiger partial charge is 0.351 e. The van der Waals surface area contributed by atoms with Crippen molar-refractivity contribution in [2.45, 2.75) is 0 Å². The van der Waals surface area contributed by atoms with Gasteiger partial charge in [-0.05, 0) is 44.4 Å². The molecule has 1 aromatic heterocycles. The van der Waals surface area contributed by atoms with Crippen LogP contribution in [0.4, 0.5) is 5.69 Å². The van der Waals surface area contributed by atoms with E-state index in [0.29, 0.717) is 23.4 Å². The van der Waals surface area contributed by atoms with Crippen molar-refractivity contribution in [3.8, 4) is 6.07 Å². The Labute approximate surface area is 146 Å². The number of carbonyl (C=O) groups is 2. The average molecular weight is 337 g/mol. The molecule has 0 aliphatic heterocycles. The number of carbonyl (C=O) groups excluding carboxylic acids is 2. The van der Waals surface area contributed by atoms with Gasteiger partial charge in [0.25, 0.3) is 11.8 Å². The summed E-state index contributed by atoms with van der Waals surface area (Å²) in [6.45, 7) is 1.23. The summed E-state index contributed by atoms with van der Waals surface area (Å²) in [6, 6.07) is 11.6. The second kappa shape index (κ2) is 8.57. The fraction of sp³-hybridized carbons (Fsp3) is 0.222. The summed E-state index contributed by atoms with van der Waals surface area (Å²) in [6.07, 6.45) is 1.42. The molecule has 2 rings (SSSR count). The number of pyridine rings is 1. The van der Waals surface area contributed by atoms with Crippen molar-refractivity contribution in [3.05, 3.63) is 59.4 Å². The Morgan fingerprint density at radius 1 is 1.20 bits per heavy atom. The molecule has 0 aliphatic carbocycles. The Morgan fingerprint density at radius 2 is 2.00 bits per heavy atom. The second-order valence-electron chi connectivity index (χ2n) is 5.64. The first-order chi connectivity index (χ1) is 12.0. The van der Waals surface area contributed by atoms with E-state index in [2.05, 4.69) is 15.6 Å². The Hall–Kier alpha value is -3.24. The standard InChI is InChI=1S/C18H19N5O2/c1-23(2)9-8-21-17(24)14-6-7-20-16(11-14)18(25)22-15-5-3-4-13(10-15)12-19/h3-7,10-11H,8-9H2,1-2H3,(H,21,24)(H,22,25). The van der Waals surface area contributed by atoms with E-state index in [4.69, 9.17) is 5.26 Å². The predicted molar refractivity (Wildman–Crippen MR) is 94.2 cm³/mol. The van der Waals surface area contributed by atoms with Crippen LogP contribution in [-0.4, -0.2) is 48.9 Å². The lowest BCUT2D eigenvalue weighted by atomic mass is 10.2. The zero-order valence-electron chi connectivity index (χ0n) is 14.1. The normalized spacial score (nSPS) is 10.2. The minimum Gasteiger partial charge on any atom is -0.351 e. The van der Waals surface area contributed by atoms with Crippen LogP contribution < -0.4 is 10.6 Å². The number of likely N-dealkylation sites (N-methyl/N-ethyl adjacent to an activating group) is 1.